The van der Waals surface area contributed by atoms with E-state index in [1.54, 1.807) is 41.2 Å². The number of anilines is 2. The third-order valence-corrected chi connectivity index (χ3v) is 5.01. The number of hydrogen-bond donors (Lipinski definition) is 2. The van der Waals surface area contributed by atoms with Gasteiger partial charge in [0.15, 0.2) is 0 Å². The maximum atomic E-state index is 12.7. The summed E-state index contributed by atoms with van der Waals surface area (Å²) in [6.07, 6.45) is 6.61. The smallest absolute Gasteiger partial charge is 0.259 e. The number of rotatable bonds is 6. The highest BCUT2D eigenvalue weighted by Gasteiger charge is 2.26. The number of benzene rings is 1. The van der Waals surface area contributed by atoms with Gasteiger partial charge < -0.3 is 16.0 Å². The van der Waals surface area contributed by atoms with Crippen LogP contribution < -0.4 is 16.0 Å². The average molecular weight is 370 g/mol. The molecule has 0 fully saturated rings. The van der Waals surface area contributed by atoms with E-state index in [1.165, 1.54) is 0 Å². The first-order valence-electron chi connectivity index (χ1n) is 8.50. The maximum Gasteiger partial charge on any atom is 0.259 e. The maximum absolute atomic E-state index is 12.7. The fourth-order valence-electron chi connectivity index (χ4n) is 2.95. The first-order valence-corrected chi connectivity index (χ1v) is 9.89. The van der Waals surface area contributed by atoms with Crippen LogP contribution >= 0.6 is 11.8 Å². The Morgan fingerprint density at radius 2 is 2.23 bits per heavy atom. The summed E-state index contributed by atoms with van der Waals surface area (Å²) in [4.78, 5) is 30.6. The van der Waals surface area contributed by atoms with Crippen molar-refractivity contribution in [3.05, 3.63) is 53.9 Å². The molecule has 0 spiro atoms. The number of amides is 2. The Morgan fingerprint density at radius 1 is 1.38 bits per heavy atom. The molecule has 2 heterocycles. The van der Waals surface area contributed by atoms with Gasteiger partial charge in [-0.15, -0.1) is 0 Å². The molecular formula is C19H22N4O2S. The van der Waals surface area contributed by atoms with Gasteiger partial charge in [0, 0.05) is 30.3 Å². The van der Waals surface area contributed by atoms with Crippen LogP contribution in [0.15, 0.2) is 42.7 Å². The quantitative estimate of drug-likeness (QED) is 0.815. The van der Waals surface area contributed by atoms with Crippen molar-refractivity contribution in [1.82, 2.24) is 4.98 Å². The van der Waals surface area contributed by atoms with E-state index in [9.17, 15) is 9.59 Å². The lowest BCUT2D eigenvalue weighted by atomic mass is 10.1. The first kappa shape index (κ1) is 18.4. The summed E-state index contributed by atoms with van der Waals surface area (Å²) in [7, 11) is 0. The number of thioether (sulfide) groups is 1. The van der Waals surface area contributed by atoms with E-state index in [1.807, 2.05) is 24.5 Å². The minimum absolute atomic E-state index is 0.0623. The van der Waals surface area contributed by atoms with Gasteiger partial charge in [0.2, 0.25) is 5.91 Å². The van der Waals surface area contributed by atoms with Crippen LogP contribution in [0.3, 0.4) is 0 Å². The van der Waals surface area contributed by atoms with Crippen molar-refractivity contribution in [2.45, 2.75) is 18.9 Å². The molecule has 0 bridgehead atoms. The number of nitrogens with two attached hydrogens (primary N) is 1. The molecule has 6 nitrogen and oxygen atoms in total. The van der Waals surface area contributed by atoms with Crippen LogP contribution in [0.4, 0.5) is 11.4 Å². The Bertz CT molecular complexity index is 797. The number of nitrogens with one attached hydrogen (secondary N) is 1. The zero-order chi connectivity index (χ0) is 18.5. The van der Waals surface area contributed by atoms with E-state index in [0.717, 1.165) is 23.4 Å². The minimum Gasteiger partial charge on any atom is -0.325 e. The highest BCUT2D eigenvalue weighted by molar-refractivity contribution is 7.98. The summed E-state index contributed by atoms with van der Waals surface area (Å²) in [5.74, 6) is 0.609. The number of aromatic nitrogens is 1. The number of nitrogens with zero attached hydrogens (tertiary/aromatic N) is 2. The van der Waals surface area contributed by atoms with Gasteiger partial charge in [0.1, 0.15) is 0 Å². The minimum atomic E-state index is -0.514. The van der Waals surface area contributed by atoms with Crippen LogP contribution in [0.5, 0.6) is 0 Å². The second-order valence-electron chi connectivity index (χ2n) is 6.17. The third kappa shape index (κ3) is 4.05. The highest BCUT2D eigenvalue weighted by Crippen LogP contribution is 2.31. The van der Waals surface area contributed by atoms with Crippen molar-refractivity contribution in [1.29, 1.82) is 0 Å². The van der Waals surface area contributed by atoms with Crippen molar-refractivity contribution in [2.75, 3.05) is 28.8 Å². The van der Waals surface area contributed by atoms with Crippen LogP contribution in [0, 0.1) is 0 Å². The van der Waals surface area contributed by atoms with Crippen LogP contribution in [0.1, 0.15) is 22.3 Å². The molecule has 1 aromatic heterocycles. The van der Waals surface area contributed by atoms with Gasteiger partial charge in [0.25, 0.3) is 5.91 Å². The first-order chi connectivity index (χ1) is 12.6. The van der Waals surface area contributed by atoms with Crippen molar-refractivity contribution in [2.24, 2.45) is 5.73 Å². The molecule has 2 aromatic rings. The average Bonchev–Trinajstić information content (AvgIpc) is 3.09. The SMILES string of the molecule is CSCC[C@H](N)C(=O)Nc1ccc2c(c1)CCN2C(=O)c1cccnc1. The molecule has 3 rings (SSSR count). The second kappa shape index (κ2) is 8.33. The Hall–Kier alpha value is -2.38. The molecule has 0 aliphatic carbocycles. The van der Waals surface area contributed by atoms with Crippen LogP contribution in [-0.2, 0) is 11.2 Å². The normalized spacial score (nSPS) is 14.0. The monoisotopic (exact) mass is 370 g/mol. The molecule has 1 aliphatic heterocycles. The van der Waals surface area contributed by atoms with Gasteiger partial charge in [-0.2, -0.15) is 11.8 Å². The summed E-state index contributed by atoms with van der Waals surface area (Å²) in [6.45, 7) is 0.619. The number of carbonyl (C=O) groups excluding carboxylic acids is 2. The number of pyridine rings is 1. The molecule has 26 heavy (non-hydrogen) atoms. The molecule has 0 saturated heterocycles. The summed E-state index contributed by atoms with van der Waals surface area (Å²) >= 11 is 1.67. The van der Waals surface area contributed by atoms with Gasteiger partial charge in [-0.1, -0.05) is 0 Å². The number of hydrogen-bond acceptors (Lipinski definition) is 5. The molecule has 2 amide bonds. The van der Waals surface area contributed by atoms with Gasteiger partial charge in [-0.05, 0) is 60.7 Å². The number of carbonyl (C=O) groups is 2. The van der Waals surface area contributed by atoms with E-state index >= 15 is 0 Å². The van der Waals surface area contributed by atoms with Crippen molar-refractivity contribution < 1.29 is 9.59 Å². The lowest BCUT2D eigenvalue weighted by Crippen LogP contribution is -2.36. The molecule has 0 unspecified atom stereocenters. The lowest BCUT2D eigenvalue weighted by Gasteiger charge is -2.18. The Balaban J connectivity index is 1.70. The molecule has 0 saturated carbocycles. The predicted molar refractivity (Wildman–Crippen MR) is 106 cm³/mol. The molecule has 1 aromatic carbocycles. The topological polar surface area (TPSA) is 88.3 Å². The lowest BCUT2D eigenvalue weighted by molar-refractivity contribution is -0.117. The summed E-state index contributed by atoms with van der Waals surface area (Å²) in [5, 5.41) is 2.87. The molecule has 0 radical (unpaired) electrons. The van der Waals surface area contributed by atoms with E-state index in [0.29, 0.717) is 24.2 Å². The summed E-state index contributed by atoms with van der Waals surface area (Å²) in [5.41, 5.74) is 9.10. The molecule has 3 N–H and O–H groups in total. The molecule has 136 valence electrons. The summed E-state index contributed by atoms with van der Waals surface area (Å²) < 4.78 is 0. The Labute approximate surface area is 157 Å². The Morgan fingerprint density at radius 3 is 2.96 bits per heavy atom. The van der Waals surface area contributed by atoms with Crippen molar-refractivity contribution >= 4 is 35.0 Å². The highest BCUT2D eigenvalue weighted by atomic mass is 32.2. The van der Waals surface area contributed by atoms with E-state index in [2.05, 4.69) is 10.3 Å². The summed E-state index contributed by atoms with van der Waals surface area (Å²) in [6, 6.07) is 8.61. The van der Waals surface area contributed by atoms with Crippen molar-refractivity contribution in [3.63, 3.8) is 0 Å². The van der Waals surface area contributed by atoms with Gasteiger partial charge >= 0.3 is 0 Å². The van der Waals surface area contributed by atoms with Crippen LogP contribution in [0.2, 0.25) is 0 Å². The predicted octanol–water partition coefficient (Wildman–Crippen LogP) is 2.30. The zero-order valence-corrected chi connectivity index (χ0v) is 15.5. The van der Waals surface area contributed by atoms with Crippen LogP contribution in [-0.4, -0.2) is 41.4 Å². The number of fused-ring (bicyclic) bond motifs is 1. The van der Waals surface area contributed by atoms with E-state index in [-0.39, 0.29) is 11.8 Å². The fourth-order valence-corrected chi connectivity index (χ4v) is 3.44. The molecular weight excluding hydrogens is 348 g/mol. The van der Waals surface area contributed by atoms with Gasteiger partial charge in [-0.25, -0.2) is 0 Å². The third-order valence-electron chi connectivity index (χ3n) is 4.37. The van der Waals surface area contributed by atoms with Gasteiger partial charge in [-0.3, -0.25) is 14.6 Å². The van der Waals surface area contributed by atoms with Crippen molar-refractivity contribution in [3.8, 4) is 0 Å². The molecule has 7 heteroatoms. The molecule has 1 atom stereocenters. The zero-order valence-electron chi connectivity index (χ0n) is 14.6. The largest absolute Gasteiger partial charge is 0.325 e. The van der Waals surface area contributed by atoms with E-state index < -0.39 is 6.04 Å². The standard InChI is InChI=1S/C19H22N4O2S/c1-26-10-7-16(20)18(24)22-15-4-5-17-13(11-15)6-9-23(17)19(25)14-3-2-8-21-12-14/h2-5,8,11-12,16H,6-7,9-10,20H2,1H3,(H,22,24)/t16-/m0/s1. The molecule has 1 aliphatic rings. The fraction of sp³-hybridized carbons (Fsp3) is 0.316. The second-order valence-corrected chi connectivity index (χ2v) is 7.15. The van der Waals surface area contributed by atoms with Crippen LogP contribution in [0.25, 0.3) is 0 Å². The van der Waals surface area contributed by atoms with Gasteiger partial charge in [0.05, 0.1) is 11.6 Å². The Kier molecular flexibility index (Phi) is 5.90. The van der Waals surface area contributed by atoms with E-state index in [4.69, 9.17) is 5.73 Å².